The second-order valence-corrected chi connectivity index (χ2v) is 10.0. The van der Waals surface area contributed by atoms with E-state index >= 15 is 0 Å². The van der Waals surface area contributed by atoms with Crippen molar-refractivity contribution in [3.8, 4) is 22.7 Å². The molecule has 5 nitrogen and oxygen atoms in total. The number of thiocarbonyl (C=S) groups is 1. The highest BCUT2D eigenvalue weighted by Crippen LogP contribution is 2.36. The molecule has 1 fully saturated rings. The van der Waals surface area contributed by atoms with Crippen LogP contribution in [0.3, 0.4) is 0 Å². The van der Waals surface area contributed by atoms with Gasteiger partial charge in [-0.2, -0.15) is 5.10 Å². The third-order valence-electron chi connectivity index (χ3n) is 5.71. The fourth-order valence-electron chi connectivity index (χ4n) is 3.89. The summed E-state index contributed by atoms with van der Waals surface area (Å²) in [5, 5.41) is 4.90. The Morgan fingerprint density at radius 1 is 1.17 bits per heavy atom. The van der Waals surface area contributed by atoms with Crippen molar-refractivity contribution in [2.45, 2.75) is 33.1 Å². The lowest BCUT2D eigenvalue weighted by Gasteiger charge is -2.13. The number of rotatable bonds is 10. The van der Waals surface area contributed by atoms with Crippen LogP contribution < -0.4 is 4.74 Å². The number of unbranched alkanes of at least 4 members (excludes halogenated alkanes) is 2. The fourth-order valence-corrected chi connectivity index (χ4v) is 5.19. The van der Waals surface area contributed by atoms with Crippen LogP contribution in [0.5, 0.6) is 5.75 Å². The Kier molecular flexibility index (Phi) is 8.21. The summed E-state index contributed by atoms with van der Waals surface area (Å²) < 4.78 is 8.21. The summed E-state index contributed by atoms with van der Waals surface area (Å²) in [7, 11) is 0. The van der Waals surface area contributed by atoms with Gasteiger partial charge in [-0.15, -0.1) is 0 Å². The summed E-state index contributed by atoms with van der Waals surface area (Å²) in [5.41, 5.74) is 4.56. The molecular weight excluding hydrogens is 474 g/mol. The molecule has 1 amide bonds. The van der Waals surface area contributed by atoms with Gasteiger partial charge >= 0.3 is 0 Å². The number of aryl methyl sites for hydroxylation is 1. The number of carbonyl (C=O) groups is 1. The maximum Gasteiger partial charge on any atom is 0.266 e. The first kappa shape index (κ1) is 24.9. The molecular formula is C28H29N3O2S2. The number of carbonyl (C=O) groups excluding carboxylic acids is 1. The average Bonchev–Trinajstić information content (AvgIpc) is 3.40. The molecule has 0 radical (unpaired) electrons. The maximum atomic E-state index is 13.1. The van der Waals surface area contributed by atoms with E-state index in [0.29, 0.717) is 22.4 Å². The van der Waals surface area contributed by atoms with Gasteiger partial charge in [-0.1, -0.05) is 74.6 Å². The predicted octanol–water partition coefficient (Wildman–Crippen LogP) is 6.80. The van der Waals surface area contributed by atoms with Crippen LogP contribution in [0.25, 0.3) is 23.0 Å². The Hall–Kier alpha value is -3.16. The van der Waals surface area contributed by atoms with Crippen molar-refractivity contribution in [2.24, 2.45) is 0 Å². The molecule has 1 aliphatic heterocycles. The third kappa shape index (κ3) is 5.74. The molecule has 2 aromatic carbocycles. The van der Waals surface area contributed by atoms with Gasteiger partial charge in [0.05, 0.1) is 10.6 Å². The Bertz CT molecular complexity index is 1260. The van der Waals surface area contributed by atoms with Crippen LogP contribution in [0.2, 0.25) is 0 Å². The van der Waals surface area contributed by atoms with E-state index in [2.05, 4.69) is 19.6 Å². The maximum absolute atomic E-state index is 13.1. The van der Waals surface area contributed by atoms with E-state index in [0.717, 1.165) is 53.1 Å². The van der Waals surface area contributed by atoms with Crippen LogP contribution in [0.1, 0.15) is 37.3 Å². The van der Waals surface area contributed by atoms with E-state index in [1.807, 2.05) is 66.3 Å². The topological polar surface area (TPSA) is 47.4 Å². The first-order chi connectivity index (χ1) is 17.0. The minimum absolute atomic E-state index is 0.0288. The highest BCUT2D eigenvalue weighted by Gasteiger charge is 2.32. The van der Waals surface area contributed by atoms with Crippen molar-refractivity contribution in [3.63, 3.8) is 0 Å². The number of benzene rings is 2. The monoisotopic (exact) mass is 503 g/mol. The molecule has 0 N–H and O–H groups in total. The largest absolute Gasteiger partial charge is 0.489 e. The number of amides is 1. The van der Waals surface area contributed by atoms with Crippen LogP contribution in [-0.2, 0) is 4.79 Å². The number of hydrogen-bond donors (Lipinski definition) is 0. The summed E-state index contributed by atoms with van der Waals surface area (Å²) in [5.74, 6) is 0.782. The molecule has 7 heteroatoms. The second kappa shape index (κ2) is 11.5. The smallest absolute Gasteiger partial charge is 0.266 e. The number of ether oxygens (including phenoxy) is 1. The number of para-hydroxylation sites is 1. The molecule has 0 unspecified atom stereocenters. The minimum Gasteiger partial charge on any atom is -0.489 e. The van der Waals surface area contributed by atoms with Gasteiger partial charge < -0.3 is 4.74 Å². The normalized spacial score (nSPS) is 14.7. The summed E-state index contributed by atoms with van der Waals surface area (Å²) >= 11 is 6.88. The molecule has 2 heterocycles. The van der Waals surface area contributed by atoms with Crippen LogP contribution in [0.15, 0.2) is 72.3 Å². The van der Waals surface area contributed by atoms with E-state index in [1.165, 1.54) is 11.8 Å². The van der Waals surface area contributed by atoms with Gasteiger partial charge in [0.2, 0.25) is 0 Å². The molecule has 0 aliphatic carbocycles. The summed E-state index contributed by atoms with van der Waals surface area (Å²) in [4.78, 5) is 15.5. The van der Waals surface area contributed by atoms with Crippen molar-refractivity contribution in [1.82, 2.24) is 14.7 Å². The van der Waals surface area contributed by atoms with Crippen molar-refractivity contribution < 1.29 is 9.53 Å². The van der Waals surface area contributed by atoms with E-state index in [1.54, 1.807) is 11.0 Å². The highest BCUT2D eigenvalue weighted by atomic mass is 32.2. The van der Waals surface area contributed by atoms with Crippen molar-refractivity contribution in [1.29, 1.82) is 0 Å². The Balaban J connectivity index is 1.72. The summed E-state index contributed by atoms with van der Waals surface area (Å²) in [6.45, 7) is 8.99. The van der Waals surface area contributed by atoms with E-state index in [-0.39, 0.29) is 5.91 Å². The van der Waals surface area contributed by atoms with Gasteiger partial charge in [-0.05, 0) is 55.3 Å². The highest BCUT2D eigenvalue weighted by molar-refractivity contribution is 8.26. The van der Waals surface area contributed by atoms with Gasteiger partial charge in [0, 0.05) is 23.9 Å². The van der Waals surface area contributed by atoms with E-state index in [4.69, 9.17) is 22.1 Å². The Morgan fingerprint density at radius 2 is 1.97 bits per heavy atom. The van der Waals surface area contributed by atoms with Crippen LogP contribution in [0.4, 0.5) is 0 Å². The Morgan fingerprint density at radius 3 is 2.69 bits per heavy atom. The van der Waals surface area contributed by atoms with Crippen molar-refractivity contribution >= 4 is 40.3 Å². The average molecular weight is 504 g/mol. The first-order valence-corrected chi connectivity index (χ1v) is 13.0. The number of thioether (sulfide) groups is 1. The molecule has 35 heavy (non-hydrogen) atoms. The zero-order valence-electron chi connectivity index (χ0n) is 20.1. The van der Waals surface area contributed by atoms with Crippen molar-refractivity contribution in [2.75, 3.05) is 13.2 Å². The summed E-state index contributed by atoms with van der Waals surface area (Å²) in [6, 6.07) is 16.0. The third-order valence-corrected chi connectivity index (χ3v) is 7.09. The van der Waals surface area contributed by atoms with E-state index in [9.17, 15) is 4.79 Å². The molecule has 3 aromatic rings. The number of aromatic nitrogens is 2. The lowest BCUT2D eigenvalue weighted by atomic mass is 10.0. The van der Waals surface area contributed by atoms with Gasteiger partial charge in [-0.25, -0.2) is 4.68 Å². The molecule has 1 aromatic heterocycles. The van der Waals surface area contributed by atoms with Crippen LogP contribution in [0, 0.1) is 6.92 Å². The first-order valence-electron chi connectivity index (χ1n) is 11.8. The van der Waals surface area contributed by atoms with Gasteiger partial charge in [0.25, 0.3) is 5.91 Å². The lowest BCUT2D eigenvalue weighted by molar-refractivity contribution is -0.122. The van der Waals surface area contributed by atoms with Gasteiger partial charge in [0.1, 0.15) is 22.4 Å². The predicted molar refractivity (Wildman–Crippen MR) is 149 cm³/mol. The van der Waals surface area contributed by atoms with Crippen LogP contribution >= 0.6 is 24.0 Å². The van der Waals surface area contributed by atoms with Gasteiger partial charge in [-0.3, -0.25) is 9.69 Å². The molecule has 1 saturated heterocycles. The molecule has 4 rings (SSSR count). The number of hydrogen-bond acceptors (Lipinski definition) is 5. The molecule has 1 aliphatic rings. The molecule has 0 bridgehead atoms. The second-order valence-electron chi connectivity index (χ2n) is 8.33. The summed E-state index contributed by atoms with van der Waals surface area (Å²) in [6.07, 6.45) is 8.74. The molecule has 0 atom stereocenters. The molecule has 180 valence electrons. The number of nitrogens with zero attached hydrogens (tertiary/aromatic N) is 3. The zero-order valence-corrected chi connectivity index (χ0v) is 21.7. The van der Waals surface area contributed by atoms with Gasteiger partial charge in [0.15, 0.2) is 0 Å². The Labute approximate surface area is 216 Å². The minimum atomic E-state index is -0.0288. The van der Waals surface area contributed by atoms with Crippen LogP contribution in [-0.4, -0.2) is 38.1 Å². The van der Waals surface area contributed by atoms with Crippen molar-refractivity contribution in [3.05, 3.63) is 83.4 Å². The fraction of sp³-hybridized carbons (Fsp3) is 0.250. The molecule has 0 spiro atoms. The zero-order chi connectivity index (χ0) is 24.8. The van der Waals surface area contributed by atoms with E-state index < -0.39 is 0 Å². The molecule has 0 saturated carbocycles. The SMILES string of the molecule is C=CCOc1ccc(-c2nn(-c3ccccc3)cc2/C=C2/SC(=S)N(CCCCC)C2=O)cc1C. The lowest BCUT2D eigenvalue weighted by Crippen LogP contribution is -2.28. The standard InChI is InChI=1S/C28H29N3O2S2/c1-4-6-10-15-30-27(32)25(35-28(30)34)18-22-19-31(23-11-8-7-9-12-23)29-26(22)21-13-14-24(20(3)17-21)33-16-5-2/h5,7-9,11-14,17-19H,2,4,6,10,15-16H2,1,3H3/b25-18+. The quantitative estimate of drug-likeness (QED) is 0.132.